The molecule has 0 saturated heterocycles. The Morgan fingerprint density at radius 3 is 2.57 bits per heavy atom. The molecule has 1 aromatic heterocycles. The Balaban J connectivity index is 2.02. The monoisotopic (exact) mass is 428 g/mol. The second-order valence-corrected chi connectivity index (χ2v) is 6.53. The van der Waals surface area contributed by atoms with Gasteiger partial charge in [-0.05, 0) is 39.0 Å². The number of amides is 2. The van der Waals surface area contributed by atoms with E-state index in [-0.39, 0.29) is 11.6 Å². The number of anilines is 3. The molecule has 0 saturated carbocycles. The molecule has 0 spiro atoms. The highest BCUT2D eigenvalue weighted by molar-refractivity contribution is 6.45. The molecular formula is C17H21BF4N6O2. The van der Waals surface area contributed by atoms with Crippen molar-refractivity contribution in [3.8, 4) is 0 Å². The Morgan fingerprint density at radius 2 is 1.93 bits per heavy atom. The molecular weight excluding hydrogens is 407 g/mol. The van der Waals surface area contributed by atoms with Crippen LogP contribution in [0, 0.1) is 12.7 Å². The third kappa shape index (κ3) is 6.85. The van der Waals surface area contributed by atoms with Gasteiger partial charge in [0.2, 0.25) is 5.95 Å². The van der Waals surface area contributed by atoms with E-state index in [0.29, 0.717) is 36.7 Å². The average molecular weight is 428 g/mol. The summed E-state index contributed by atoms with van der Waals surface area (Å²) in [4.78, 5) is 22.0. The number of carbonyl (C=O) groups is 1. The molecule has 0 aliphatic heterocycles. The number of urea groups is 1. The van der Waals surface area contributed by atoms with Gasteiger partial charge in [-0.2, -0.15) is 18.2 Å². The number of rotatable bonds is 7. The SMILES string of the molecule is CB(O)N(C)CCNc1cc(C)nc(NC(=O)Nc2ccc(F)c(C(F)(F)F)c2)n1. The lowest BCUT2D eigenvalue weighted by Gasteiger charge is -2.17. The largest absolute Gasteiger partial charge is 0.437 e. The lowest BCUT2D eigenvalue weighted by Crippen LogP contribution is -2.36. The Bertz CT molecular complexity index is 897. The van der Waals surface area contributed by atoms with E-state index in [0.717, 1.165) is 6.07 Å². The van der Waals surface area contributed by atoms with Crippen LogP contribution in [0.15, 0.2) is 24.3 Å². The second kappa shape index (κ2) is 9.72. The molecule has 0 bridgehead atoms. The maximum atomic E-state index is 13.3. The van der Waals surface area contributed by atoms with Gasteiger partial charge in [0.1, 0.15) is 11.6 Å². The summed E-state index contributed by atoms with van der Waals surface area (Å²) in [6.45, 7) is 4.29. The molecule has 8 nitrogen and oxygen atoms in total. The van der Waals surface area contributed by atoms with Gasteiger partial charge in [0, 0.05) is 30.5 Å². The van der Waals surface area contributed by atoms with Crippen molar-refractivity contribution >= 4 is 30.5 Å². The minimum Gasteiger partial charge on any atom is -0.437 e. The fourth-order valence-corrected chi connectivity index (χ4v) is 2.35. The molecule has 0 atom stereocenters. The van der Waals surface area contributed by atoms with E-state index >= 15 is 0 Å². The molecule has 30 heavy (non-hydrogen) atoms. The summed E-state index contributed by atoms with van der Waals surface area (Å²) in [5.41, 5.74) is -1.19. The first-order chi connectivity index (χ1) is 14.0. The summed E-state index contributed by atoms with van der Waals surface area (Å²) >= 11 is 0. The zero-order valence-electron chi connectivity index (χ0n) is 16.5. The predicted molar refractivity (Wildman–Crippen MR) is 106 cm³/mol. The number of likely N-dealkylation sites (N-methyl/N-ethyl adjacent to an activating group) is 1. The van der Waals surface area contributed by atoms with E-state index in [1.165, 1.54) is 0 Å². The van der Waals surface area contributed by atoms with Crippen LogP contribution in [0.2, 0.25) is 6.82 Å². The van der Waals surface area contributed by atoms with Crippen molar-refractivity contribution in [3.63, 3.8) is 0 Å². The fourth-order valence-electron chi connectivity index (χ4n) is 2.35. The van der Waals surface area contributed by atoms with E-state index in [4.69, 9.17) is 0 Å². The molecule has 2 amide bonds. The molecule has 0 aliphatic carbocycles. The van der Waals surface area contributed by atoms with Crippen LogP contribution in [0.25, 0.3) is 0 Å². The van der Waals surface area contributed by atoms with Crippen LogP contribution >= 0.6 is 0 Å². The molecule has 2 rings (SSSR count). The maximum absolute atomic E-state index is 13.3. The molecule has 1 heterocycles. The van der Waals surface area contributed by atoms with Gasteiger partial charge < -0.3 is 20.5 Å². The Kier molecular flexibility index (Phi) is 7.56. The van der Waals surface area contributed by atoms with Gasteiger partial charge in [-0.25, -0.2) is 14.2 Å². The van der Waals surface area contributed by atoms with Crippen molar-refractivity contribution in [1.29, 1.82) is 0 Å². The molecule has 0 radical (unpaired) electrons. The molecule has 4 N–H and O–H groups in total. The quantitative estimate of drug-likeness (QED) is 0.400. The number of hydrogen-bond acceptors (Lipinski definition) is 6. The highest BCUT2D eigenvalue weighted by Crippen LogP contribution is 2.33. The van der Waals surface area contributed by atoms with Crippen molar-refractivity contribution < 1.29 is 27.4 Å². The fraction of sp³-hybridized carbons (Fsp3) is 0.353. The molecule has 2 aromatic rings. The van der Waals surface area contributed by atoms with Crippen LogP contribution in [0.5, 0.6) is 0 Å². The van der Waals surface area contributed by atoms with E-state index in [1.807, 2.05) is 0 Å². The number of nitrogens with zero attached hydrogens (tertiary/aromatic N) is 3. The van der Waals surface area contributed by atoms with Gasteiger partial charge in [-0.1, -0.05) is 0 Å². The van der Waals surface area contributed by atoms with Crippen LogP contribution < -0.4 is 16.0 Å². The van der Waals surface area contributed by atoms with Crippen molar-refractivity contribution in [2.45, 2.75) is 19.9 Å². The van der Waals surface area contributed by atoms with Crippen LogP contribution in [0.4, 0.5) is 39.8 Å². The Hall–Kier alpha value is -2.93. The van der Waals surface area contributed by atoms with Gasteiger partial charge in [-0.15, -0.1) is 0 Å². The number of benzene rings is 1. The molecule has 1 aromatic carbocycles. The Morgan fingerprint density at radius 1 is 1.23 bits per heavy atom. The minimum absolute atomic E-state index is 0.0722. The highest BCUT2D eigenvalue weighted by Gasteiger charge is 2.34. The lowest BCUT2D eigenvalue weighted by molar-refractivity contribution is -0.139. The van der Waals surface area contributed by atoms with Crippen LogP contribution in [-0.2, 0) is 6.18 Å². The van der Waals surface area contributed by atoms with Crippen LogP contribution in [0.3, 0.4) is 0 Å². The standard InChI is InChI=1S/C17H21BF4N6O2/c1-10-8-14(23-6-7-28(3)18(2)30)26-15(24-10)27-16(29)25-11-4-5-13(19)12(9-11)17(20,21)22/h4-5,8-9,30H,6-7H2,1-3H3,(H3,23,24,25,26,27,29). The minimum atomic E-state index is -4.89. The molecule has 162 valence electrons. The molecule has 0 fully saturated rings. The van der Waals surface area contributed by atoms with E-state index in [2.05, 4.69) is 25.9 Å². The summed E-state index contributed by atoms with van der Waals surface area (Å²) in [6.07, 6.45) is -4.89. The van der Waals surface area contributed by atoms with E-state index in [9.17, 15) is 27.4 Å². The first kappa shape index (κ1) is 23.4. The van der Waals surface area contributed by atoms with E-state index < -0.39 is 30.6 Å². The molecule has 0 aliphatic rings. The van der Waals surface area contributed by atoms with Gasteiger partial charge in [0.15, 0.2) is 0 Å². The van der Waals surface area contributed by atoms with Crippen LogP contribution in [0.1, 0.15) is 11.3 Å². The zero-order valence-corrected chi connectivity index (χ0v) is 16.5. The summed E-state index contributed by atoms with van der Waals surface area (Å²) in [6, 6.07) is 2.87. The maximum Gasteiger partial charge on any atom is 0.419 e. The normalized spacial score (nSPS) is 11.4. The van der Waals surface area contributed by atoms with Gasteiger partial charge in [0.05, 0.1) is 5.56 Å². The first-order valence-electron chi connectivity index (χ1n) is 8.88. The number of aryl methyl sites for hydroxylation is 1. The smallest absolute Gasteiger partial charge is 0.419 e. The highest BCUT2D eigenvalue weighted by atomic mass is 19.4. The third-order valence-electron chi connectivity index (χ3n) is 4.02. The van der Waals surface area contributed by atoms with Crippen molar-refractivity contribution in [3.05, 3.63) is 41.3 Å². The number of nitrogens with one attached hydrogen (secondary N) is 3. The predicted octanol–water partition coefficient (Wildman–Crippen LogP) is 3.04. The number of halogens is 4. The summed E-state index contributed by atoms with van der Waals surface area (Å²) < 4.78 is 51.7. The van der Waals surface area contributed by atoms with Crippen molar-refractivity contribution in [2.75, 3.05) is 36.1 Å². The number of alkyl halides is 3. The van der Waals surface area contributed by atoms with Gasteiger partial charge >= 0.3 is 19.3 Å². The first-order valence-corrected chi connectivity index (χ1v) is 8.88. The third-order valence-corrected chi connectivity index (χ3v) is 4.02. The van der Waals surface area contributed by atoms with Crippen molar-refractivity contribution in [2.24, 2.45) is 0 Å². The zero-order chi connectivity index (χ0) is 22.5. The van der Waals surface area contributed by atoms with E-state index in [1.54, 1.807) is 31.7 Å². The number of aromatic nitrogens is 2. The van der Waals surface area contributed by atoms with Crippen molar-refractivity contribution in [1.82, 2.24) is 14.8 Å². The van der Waals surface area contributed by atoms with Gasteiger partial charge in [0.25, 0.3) is 0 Å². The lowest BCUT2D eigenvalue weighted by atomic mass is 9.86. The average Bonchev–Trinajstić information content (AvgIpc) is 2.61. The molecule has 0 unspecified atom stereocenters. The number of carbonyl (C=O) groups excluding carboxylic acids is 1. The second-order valence-electron chi connectivity index (χ2n) is 6.53. The summed E-state index contributed by atoms with van der Waals surface area (Å²) in [5.74, 6) is -1.10. The summed E-state index contributed by atoms with van der Waals surface area (Å²) in [5, 5.41) is 17.0. The topological polar surface area (TPSA) is 102 Å². The Labute approximate surface area is 170 Å². The van der Waals surface area contributed by atoms with Crippen LogP contribution in [-0.4, -0.2) is 53.0 Å². The van der Waals surface area contributed by atoms with Gasteiger partial charge in [-0.3, -0.25) is 5.32 Å². The summed E-state index contributed by atoms with van der Waals surface area (Å²) in [7, 11) is 1.14. The molecule has 13 heteroatoms. The number of hydrogen-bond donors (Lipinski definition) is 4.